The summed E-state index contributed by atoms with van der Waals surface area (Å²) in [6.45, 7) is -1.05. The third-order valence-corrected chi connectivity index (χ3v) is 4.41. The molecular formula is C21H24ClF4NO3. The molecule has 2 rings (SSSR count). The van der Waals surface area contributed by atoms with Crippen molar-refractivity contribution < 1.29 is 32.5 Å². The summed E-state index contributed by atoms with van der Waals surface area (Å²) in [5.41, 5.74) is 4.65. The highest BCUT2D eigenvalue weighted by Gasteiger charge is 2.35. The van der Waals surface area contributed by atoms with Gasteiger partial charge in [-0.05, 0) is 54.3 Å². The van der Waals surface area contributed by atoms with Crippen molar-refractivity contribution in [2.24, 2.45) is 5.73 Å². The SMILES string of the molecule is Cl.NC(CO)(CO)CCc1ccc(OCC=Cc2ccc(F)cc2)c(C(F)(F)F)c1. The lowest BCUT2D eigenvalue weighted by Gasteiger charge is -2.24. The fraction of sp³-hybridized carbons (Fsp3) is 0.333. The van der Waals surface area contributed by atoms with Crippen LogP contribution in [0, 0.1) is 5.82 Å². The van der Waals surface area contributed by atoms with Crippen molar-refractivity contribution in [2.75, 3.05) is 19.8 Å². The zero-order valence-corrected chi connectivity index (χ0v) is 16.8. The lowest BCUT2D eigenvalue weighted by Crippen LogP contribution is -2.47. The number of hydrogen-bond acceptors (Lipinski definition) is 4. The molecule has 9 heteroatoms. The lowest BCUT2D eigenvalue weighted by molar-refractivity contribution is -0.138. The summed E-state index contributed by atoms with van der Waals surface area (Å²) >= 11 is 0. The van der Waals surface area contributed by atoms with E-state index in [9.17, 15) is 27.8 Å². The molecule has 2 aromatic carbocycles. The highest BCUT2D eigenvalue weighted by atomic mass is 35.5. The van der Waals surface area contributed by atoms with Gasteiger partial charge in [-0.3, -0.25) is 0 Å². The maximum atomic E-state index is 13.4. The van der Waals surface area contributed by atoms with Gasteiger partial charge in [0.05, 0.1) is 24.3 Å². The molecule has 0 aromatic heterocycles. The smallest absolute Gasteiger partial charge is 0.419 e. The summed E-state index contributed by atoms with van der Waals surface area (Å²) in [5, 5.41) is 18.4. The molecule has 0 aliphatic rings. The van der Waals surface area contributed by atoms with Crippen molar-refractivity contribution in [3.05, 3.63) is 71.0 Å². The standard InChI is InChI=1S/C21H23F4NO3.ClH/c22-17-6-3-15(4-7-17)2-1-11-29-19-8-5-16(12-18(19)21(23,24)25)9-10-20(26,13-27)14-28;/h1-8,12,27-28H,9-11,13-14,26H2;1H. The molecule has 0 amide bonds. The van der Waals surface area contributed by atoms with Gasteiger partial charge in [0.25, 0.3) is 0 Å². The second-order valence-electron chi connectivity index (χ2n) is 6.77. The summed E-state index contributed by atoms with van der Waals surface area (Å²) < 4.78 is 58.4. The third kappa shape index (κ3) is 7.60. The average molecular weight is 450 g/mol. The van der Waals surface area contributed by atoms with Crippen molar-refractivity contribution in [1.82, 2.24) is 0 Å². The first-order valence-electron chi connectivity index (χ1n) is 8.92. The number of rotatable bonds is 9. The van der Waals surface area contributed by atoms with Gasteiger partial charge in [0.1, 0.15) is 18.2 Å². The summed E-state index contributed by atoms with van der Waals surface area (Å²) in [6.07, 6.45) is -1.18. The molecule has 0 saturated carbocycles. The van der Waals surface area contributed by atoms with Crippen LogP contribution in [-0.2, 0) is 12.6 Å². The Labute approximate surface area is 178 Å². The predicted molar refractivity (Wildman–Crippen MR) is 109 cm³/mol. The fourth-order valence-corrected chi connectivity index (χ4v) is 2.58. The van der Waals surface area contributed by atoms with E-state index in [2.05, 4.69) is 0 Å². The second kappa shape index (κ2) is 11.3. The quantitative estimate of drug-likeness (QED) is 0.506. The number of benzene rings is 2. The summed E-state index contributed by atoms with van der Waals surface area (Å²) in [6, 6.07) is 9.35. The Balaban J connectivity index is 0.00000450. The molecule has 0 spiro atoms. The molecule has 30 heavy (non-hydrogen) atoms. The topological polar surface area (TPSA) is 75.7 Å². The van der Waals surface area contributed by atoms with E-state index in [1.54, 1.807) is 6.08 Å². The van der Waals surface area contributed by atoms with Crippen molar-refractivity contribution in [3.8, 4) is 5.75 Å². The van der Waals surface area contributed by atoms with Gasteiger partial charge in [0.2, 0.25) is 0 Å². The Morgan fingerprint density at radius 1 is 1.00 bits per heavy atom. The minimum atomic E-state index is -4.61. The summed E-state index contributed by atoms with van der Waals surface area (Å²) in [4.78, 5) is 0. The number of halogens is 5. The van der Waals surface area contributed by atoms with Gasteiger partial charge < -0.3 is 20.7 Å². The van der Waals surface area contributed by atoms with Gasteiger partial charge in [0, 0.05) is 0 Å². The van der Waals surface area contributed by atoms with Crippen LogP contribution in [0.1, 0.15) is 23.1 Å². The molecule has 0 aliphatic heterocycles. The summed E-state index contributed by atoms with van der Waals surface area (Å²) in [5.74, 6) is -0.688. The van der Waals surface area contributed by atoms with E-state index in [1.807, 2.05) is 0 Å². The second-order valence-corrected chi connectivity index (χ2v) is 6.77. The number of hydrogen-bond donors (Lipinski definition) is 3. The normalized spacial score (nSPS) is 12.1. The van der Waals surface area contributed by atoms with Crippen LogP contribution in [0.5, 0.6) is 5.75 Å². The molecule has 0 aliphatic carbocycles. The van der Waals surface area contributed by atoms with E-state index in [-0.39, 0.29) is 43.4 Å². The molecule has 0 heterocycles. The van der Waals surface area contributed by atoms with E-state index in [4.69, 9.17) is 10.5 Å². The Hall–Kier alpha value is -2.13. The minimum Gasteiger partial charge on any atom is -0.489 e. The Bertz CT molecular complexity index is 822. The van der Waals surface area contributed by atoms with Crippen LogP contribution in [0.15, 0.2) is 48.5 Å². The molecule has 0 saturated heterocycles. The van der Waals surface area contributed by atoms with E-state index in [0.29, 0.717) is 11.1 Å². The van der Waals surface area contributed by atoms with Crippen LogP contribution < -0.4 is 10.5 Å². The van der Waals surface area contributed by atoms with Crippen LogP contribution in [-0.4, -0.2) is 35.6 Å². The van der Waals surface area contributed by atoms with E-state index < -0.39 is 30.5 Å². The molecule has 4 N–H and O–H groups in total. The maximum absolute atomic E-state index is 13.4. The zero-order chi connectivity index (χ0) is 21.5. The first kappa shape index (κ1) is 25.9. The number of aliphatic hydroxyl groups is 2. The Morgan fingerprint density at radius 3 is 2.20 bits per heavy atom. The number of aliphatic hydroxyl groups excluding tert-OH is 2. The van der Waals surface area contributed by atoms with Crippen LogP contribution in [0.4, 0.5) is 17.6 Å². The van der Waals surface area contributed by atoms with Gasteiger partial charge in [-0.1, -0.05) is 24.3 Å². The molecule has 0 bridgehead atoms. The van der Waals surface area contributed by atoms with Crippen LogP contribution >= 0.6 is 12.4 Å². The Morgan fingerprint density at radius 2 is 1.63 bits per heavy atom. The largest absolute Gasteiger partial charge is 0.489 e. The number of nitrogens with two attached hydrogens (primary N) is 1. The van der Waals surface area contributed by atoms with E-state index in [0.717, 1.165) is 6.07 Å². The molecular weight excluding hydrogens is 426 g/mol. The third-order valence-electron chi connectivity index (χ3n) is 4.41. The molecule has 166 valence electrons. The molecule has 4 nitrogen and oxygen atoms in total. The van der Waals surface area contributed by atoms with Gasteiger partial charge in [0.15, 0.2) is 0 Å². The zero-order valence-electron chi connectivity index (χ0n) is 16.0. The molecule has 0 unspecified atom stereocenters. The fourth-order valence-electron chi connectivity index (χ4n) is 2.58. The van der Waals surface area contributed by atoms with Gasteiger partial charge >= 0.3 is 6.18 Å². The van der Waals surface area contributed by atoms with Crippen LogP contribution in [0.3, 0.4) is 0 Å². The summed E-state index contributed by atoms with van der Waals surface area (Å²) in [7, 11) is 0. The minimum absolute atomic E-state index is 0. The van der Waals surface area contributed by atoms with Crippen molar-refractivity contribution in [1.29, 1.82) is 0 Å². The highest BCUT2D eigenvalue weighted by Crippen LogP contribution is 2.37. The first-order chi connectivity index (χ1) is 13.7. The van der Waals surface area contributed by atoms with Gasteiger partial charge in [-0.25, -0.2) is 4.39 Å². The number of ether oxygens (including phenoxy) is 1. The predicted octanol–water partition coefficient (Wildman–Crippen LogP) is 3.97. The molecule has 0 fully saturated rings. The molecule has 0 radical (unpaired) electrons. The van der Waals surface area contributed by atoms with Crippen LogP contribution in [0.2, 0.25) is 0 Å². The monoisotopic (exact) mass is 449 g/mol. The van der Waals surface area contributed by atoms with Crippen molar-refractivity contribution >= 4 is 18.5 Å². The van der Waals surface area contributed by atoms with E-state index >= 15 is 0 Å². The molecule has 2 aromatic rings. The van der Waals surface area contributed by atoms with Gasteiger partial charge in [-0.2, -0.15) is 13.2 Å². The average Bonchev–Trinajstić information content (AvgIpc) is 2.70. The van der Waals surface area contributed by atoms with Crippen molar-refractivity contribution in [3.63, 3.8) is 0 Å². The van der Waals surface area contributed by atoms with Gasteiger partial charge in [-0.15, -0.1) is 12.4 Å². The molecule has 0 atom stereocenters. The van der Waals surface area contributed by atoms with Crippen LogP contribution in [0.25, 0.3) is 6.08 Å². The maximum Gasteiger partial charge on any atom is 0.419 e. The highest BCUT2D eigenvalue weighted by molar-refractivity contribution is 5.85. The number of alkyl halides is 3. The first-order valence-corrected chi connectivity index (χ1v) is 8.92. The van der Waals surface area contributed by atoms with E-state index in [1.165, 1.54) is 42.5 Å². The Kier molecular flexibility index (Phi) is 9.77. The van der Waals surface area contributed by atoms with Crippen molar-refractivity contribution in [2.45, 2.75) is 24.6 Å². The number of aryl methyl sites for hydroxylation is 1. The lowest BCUT2D eigenvalue weighted by atomic mass is 9.93.